The van der Waals surface area contributed by atoms with Crippen molar-refractivity contribution in [3.8, 4) is 0 Å². The van der Waals surface area contributed by atoms with Crippen molar-refractivity contribution in [1.29, 1.82) is 0 Å². The minimum atomic E-state index is -3.92. The third-order valence-corrected chi connectivity index (χ3v) is 11.4. The third-order valence-electron chi connectivity index (χ3n) is 9.33. The Labute approximate surface area is 301 Å². The minimum Gasteiger partial charge on any atom is -0.444 e. The van der Waals surface area contributed by atoms with E-state index in [4.69, 9.17) is 16.3 Å². The maximum atomic E-state index is 15.8. The van der Waals surface area contributed by atoms with E-state index in [1.807, 2.05) is 0 Å². The second-order valence-electron chi connectivity index (χ2n) is 14.1. The van der Waals surface area contributed by atoms with Gasteiger partial charge in [-0.15, -0.1) is 0 Å². The molecule has 2 aliphatic heterocycles. The van der Waals surface area contributed by atoms with Crippen LogP contribution < -0.4 is 20.4 Å². The predicted molar refractivity (Wildman–Crippen MR) is 185 cm³/mol. The number of ether oxygens (including phenoxy) is 1. The number of aromatic nitrogens is 1. The Balaban J connectivity index is 1.18. The van der Waals surface area contributed by atoms with E-state index < -0.39 is 45.5 Å². The highest BCUT2D eigenvalue weighted by molar-refractivity contribution is 7.89. The van der Waals surface area contributed by atoms with Gasteiger partial charge in [-0.2, -0.15) is 4.31 Å². The monoisotopic (exact) mass is 752 g/mol. The molecule has 1 aromatic heterocycles. The molecule has 2 saturated heterocycles. The van der Waals surface area contributed by atoms with Gasteiger partial charge in [-0.1, -0.05) is 11.6 Å². The summed E-state index contributed by atoms with van der Waals surface area (Å²) in [7, 11) is -3.92. The van der Waals surface area contributed by atoms with Crippen molar-refractivity contribution < 1.29 is 41.1 Å². The Morgan fingerprint density at radius 1 is 1.04 bits per heavy atom. The van der Waals surface area contributed by atoms with Gasteiger partial charge < -0.3 is 30.0 Å². The fraction of sp³-hybridized carbons (Fsp3) is 0.559. The number of carbonyl (C=O) groups excluding carboxylic acids is 4. The molecule has 0 spiro atoms. The molecule has 1 atom stereocenters. The molecule has 5 rings (SSSR count). The molecule has 0 bridgehead atoms. The maximum Gasteiger partial charge on any atom is 0.407 e. The Kier molecular flexibility index (Phi) is 11.6. The number of rotatable bonds is 10. The van der Waals surface area contributed by atoms with E-state index in [9.17, 15) is 27.6 Å². The number of halogens is 3. The fourth-order valence-electron chi connectivity index (χ4n) is 6.71. The van der Waals surface area contributed by atoms with Crippen molar-refractivity contribution in [1.82, 2.24) is 19.9 Å². The van der Waals surface area contributed by atoms with E-state index in [0.717, 1.165) is 6.07 Å². The standard InChI is InChI=1S/C34H43ClF2N6O7S/c1-33(2,3)50-32(47)39-25-20-30(45)43(21-25)26-8-10-27(11-9-26)51(48,49)42-15-13-41(14-16-42)29-19-24(18-28(35)40-29)34(36,37)23-6-4-22(5-7-23)31(46)38-12-17-44/h8-11,17-19,22-23,25H,4-7,12-16,20-21H2,1-3H3,(H,38,46)(H,39,47)/t22?,23?,25-/m1/s1. The lowest BCUT2D eigenvalue weighted by atomic mass is 9.77. The summed E-state index contributed by atoms with van der Waals surface area (Å²) in [5.41, 5.74) is -0.480. The smallest absolute Gasteiger partial charge is 0.407 e. The number of nitrogens with zero attached hydrogens (tertiary/aromatic N) is 4. The van der Waals surface area contributed by atoms with Crippen LogP contribution in [0.25, 0.3) is 0 Å². The van der Waals surface area contributed by atoms with Crippen LogP contribution in [0.5, 0.6) is 0 Å². The number of piperazine rings is 1. The Morgan fingerprint density at radius 2 is 1.69 bits per heavy atom. The summed E-state index contributed by atoms with van der Waals surface area (Å²) in [6.45, 7) is 5.84. The average molecular weight is 753 g/mol. The number of amides is 3. The first-order valence-corrected chi connectivity index (χ1v) is 18.7. The van der Waals surface area contributed by atoms with Gasteiger partial charge in [-0.05, 0) is 82.9 Å². The van der Waals surface area contributed by atoms with Crippen LogP contribution in [0, 0.1) is 11.8 Å². The lowest BCUT2D eigenvalue weighted by molar-refractivity contribution is -0.130. The number of carbonyl (C=O) groups is 4. The zero-order chi connectivity index (χ0) is 37.1. The van der Waals surface area contributed by atoms with Crippen LogP contribution in [-0.4, -0.2) is 92.8 Å². The van der Waals surface area contributed by atoms with Crippen LogP contribution in [0.3, 0.4) is 0 Å². The van der Waals surface area contributed by atoms with Crippen LogP contribution in [0.4, 0.5) is 25.1 Å². The topological polar surface area (TPSA) is 158 Å². The molecule has 2 N–H and O–H groups in total. The summed E-state index contributed by atoms with van der Waals surface area (Å²) in [6.07, 6.45) is 0.836. The number of alkyl halides is 2. The van der Waals surface area contributed by atoms with Gasteiger partial charge in [0.2, 0.25) is 21.8 Å². The molecule has 0 radical (unpaired) electrons. The van der Waals surface area contributed by atoms with E-state index in [0.29, 0.717) is 12.0 Å². The number of nitrogens with one attached hydrogen (secondary N) is 2. The van der Waals surface area contributed by atoms with Gasteiger partial charge in [0.05, 0.1) is 17.5 Å². The van der Waals surface area contributed by atoms with Gasteiger partial charge in [-0.25, -0.2) is 27.0 Å². The number of aldehydes is 1. The summed E-state index contributed by atoms with van der Waals surface area (Å²) in [5.74, 6) is -4.98. The Morgan fingerprint density at radius 3 is 2.29 bits per heavy atom. The van der Waals surface area contributed by atoms with Crippen molar-refractivity contribution in [2.45, 2.75) is 75.3 Å². The molecular weight excluding hydrogens is 710 g/mol. The van der Waals surface area contributed by atoms with E-state index in [1.54, 1.807) is 37.8 Å². The number of sulfonamides is 1. The van der Waals surface area contributed by atoms with Crippen molar-refractivity contribution in [3.05, 3.63) is 47.1 Å². The highest BCUT2D eigenvalue weighted by atomic mass is 35.5. The molecular formula is C34H43ClF2N6O7S. The highest BCUT2D eigenvalue weighted by Gasteiger charge is 2.44. The number of pyridine rings is 1. The Hall–Kier alpha value is -3.89. The summed E-state index contributed by atoms with van der Waals surface area (Å²) in [5, 5.41) is 5.08. The van der Waals surface area contributed by atoms with Gasteiger partial charge in [0.25, 0.3) is 5.92 Å². The first kappa shape index (κ1) is 38.3. The number of benzene rings is 1. The van der Waals surface area contributed by atoms with Crippen molar-refractivity contribution in [2.75, 3.05) is 49.1 Å². The number of hydrogen-bond acceptors (Lipinski definition) is 9. The molecule has 3 fully saturated rings. The van der Waals surface area contributed by atoms with E-state index in [2.05, 4.69) is 15.6 Å². The average Bonchev–Trinajstić information content (AvgIpc) is 3.45. The first-order chi connectivity index (χ1) is 24.0. The van der Waals surface area contributed by atoms with E-state index >= 15 is 8.78 Å². The van der Waals surface area contributed by atoms with E-state index in [-0.39, 0.29) is 105 Å². The Bertz CT molecular complexity index is 1730. The normalized spacial score (nSPS) is 22.1. The predicted octanol–water partition coefficient (Wildman–Crippen LogP) is 4.09. The number of alkyl carbamates (subject to hydrolysis) is 1. The molecule has 1 aliphatic carbocycles. The van der Waals surface area contributed by atoms with Crippen molar-refractivity contribution >= 4 is 57.3 Å². The molecule has 13 nitrogen and oxygen atoms in total. The second kappa shape index (κ2) is 15.4. The SMILES string of the molecule is CC(C)(C)OC(=O)N[C@@H]1CC(=O)N(c2ccc(S(=O)(=O)N3CCN(c4cc(C(F)(F)C5CCC(C(=O)NCC=O)CC5)cc(Cl)n4)CC3)cc2)C1. The van der Waals surface area contributed by atoms with Crippen molar-refractivity contribution in [3.63, 3.8) is 0 Å². The first-order valence-electron chi connectivity index (χ1n) is 16.9. The zero-order valence-corrected chi connectivity index (χ0v) is 30.3. The summed E-state index contributed by atoms with van der Waals surface area (Å²) in [6, 6.07) is 7.93. The third kappa shape index (κ3) is 9.13. The van der Waals surface area contributed by atoms with Crippen LogP contribution in [0.2, 0.25) is 5.15 Å². The minimum absolute atomic E-state index is 0.0357. The molecule has 0 unspecified atom stereocenters. The zero-order valence-electron chi connectivity index (χ0n) is 28.7. The summed E-state index contributed by atoms with van der Waals surface area (Å²) < 4.78 is 65.2. The molecule has 3 aliphatic rings. The number of hydrogen-bond donors (Lipinski definition) is 2. The molecule has 3 heterocycles. The summed E-state index contributed by atoms with van der Waals surface area (Å²) in [4.78, 5) is 55.1. The van der Waals surface area contributed by atoms with Crippen LogP contribution in [-0.2, 0) is 35.1 Å². The molecule has 3 amide bonds. The lowest BCUT2D eigenvalue weighted by Gasteiger charge is -2.36. The summed E-state index contributed by atoms with van der Waals surface area (Å²) >= 11 is 6.22. The quantitative estimate of drug-likeness (QED) is 0.270. The molecule has 17 heteroatoms. The van der Waals surface area contributed by atoms with Gasteiger partial charge in [0.15, 0.2) is 0 Å². The van der Waals surface area contributed by atoms with Crippen molar-refractivity contribution in [2.24, 2.45) is 11.8 Å². The largest absolute Gasteiger partial charge is 0.444 e. The van der Waals surface area contributed by atoms with Gasteiger partial charge in [0, 0.05) is 62.2 Å². The molecule has 1 saturated carbocycles. The molecule has 278 valence electrons. The van der Waals surface area contributed by atoms with Gasteiger partial charge in [-0.3, -0.25) is 9.59 Å². The van der Waals surface area contributed by atoms with Crippen LogP contribution >= 0.6 is 11.6 Å². The lowest BCUT2D eigenvalue weighted by Crippen LogP contribution is -2.49. The molecule has 51 heavy (non-hydrogen) atoms. The van der Waals surface area contributed by atoms with Gasteiger partial charge >= 0.3 is 6.09 Å². The maximum absolute atomic E-state index is 15.8. The number of anilines is 2. The van der Waals surface area contributed by atoms with Crippen LogP contribution in [0.15, 0.2) is 41.3 Å². The van der Waals surface area contributed by atoms with E-state index in [1.165, 1.54) is 27.4 Å². The second-order valence-corrected chi connectivity index (χ2v) is 16.4. The van der Waals surface area contributed by atoms with Crippen LogP contribution in [0.1, 0.15) is 58.4 Å². The van der Waals surface area contributed by atoms with Gasteiger partial charge in [0.1, 0.15) is 22.9 Å². The molecule has 1 aromatic carbocycles. The fourth-order valence-corrected chi connectivity index (χ4v) is 8.34. The molecule has 2 aromatic rings. The highest BCUT2D eigenvalue weighted by Crippen LogP contribution is 2.46.